The van der Waals surface area contributed by atoms with E-state index in [9.17, 15) is 8.42 Å². The predicted octanol–water partition coefficient (Wildman–Crippen LogP) is 2.32. The van der Waals surface area contributed by atoms with Crippen LogP contribution in [0.25, 0.3) is 0 Å². The van der Waals surface area contributed by atoms with E-state index in [2.05, 4.69) is 21.7 Å². The lowest BCUT2D eigenvalue weighted by molar-refractivity contribution is 0.523. The second-order valence-corrected chi connectivity index (χ2v) is 9.72. The maximum atomic E-state index is 12.1. The molecule has 6 nitrogen and oxygen atoms in total. The summed E-state index contributed by atoms with van der Waals surface area (Å²) < 4.78 is 25.8. The molecule has 0 aliphatic carbocycles. The Morgan fingerprint density at radius 2 is 2.00 bits per heavy atom. The molecule has 0 saturated heterocycles. The fourth-order valence-electron chi connectivity index (χ4n) is 1.84. The predicted molar refractivity (Wildman–Crippen MR) is 101 cm³/mol. The smallest absolute Gasteiger partial charge is 0.252 e. The van der Waals surface area contributed by atoms with Crippen molar-refractivity contribution in [1.29, 1.82) is 0 Å². The Morgan fingerprint density at radius 1 is 1.21 bits per heavy atom. The summed E-state index contributed by atoms with van der Waals surface area (Å²) in [4.78, 5) is 6.66. The van der Waals surface area contributed by atoms with Crippen LogP contribution >= 0.6 is 22.7 Å². The highest BCUT2D eigenvalue weighted by molar-refractivity contribution is 7.91. The first kappa shape index (κ1) is 18.9. The molecule has 0 amide bonds. The van der Waals surface area contributed by atoms with Gasteiger partial charge in [-0.05, 0) is 30.5 Å². The van der Waals surface area contributed by atoms with Crippen molar-refractivity contribution in [3.05, 3.63) is 39.4 Å². The van der Waals surface area contributed by atoms with E-state index in [4.69, 9.17) is 0 Å². The van der Waals surface area contributed by atoms with Crippen molar-refractivity contribution in [3.8, 4) is 0 Å². The monoisotopic (exact) mass is 386 g/mol. The van der Waals surface area contributed by atoms with E-state index >= 15 is 0 Å². The van der Waals surface area contributed by atoms with Crippen LogP contribution < -0.4 is 10.6 Å². The van der Waals surface area contributed by atoms with Crippen LogP contribution in [0.1, 0.15) is 16.7 Å². The number of nitrogens with zero attached hydrogens (tertiary/aromatic N) is 2. The van der Waals surface area contributed by atoms with Crippen LogP contribution in [-0.4, -0.2) is 39.3 Å². The molecule has 0 aliphatic rings. The van der Waals surface area contributed by atoms with Crippen LogP contribution in [0, 0.1) is 0 Å². The molecule has 2 aromatic heterocycles. The summed E-state index contributed by atoms with van der Waals surface area (Å²) in [6.45, 7) is 3.93. The highest BCUT2D eigenvalue weighted by Gasteiger charge is 2.19. The van der Waals surface area contributed by atoms with Crippen molar-refractivity contribution in [3.63, 3.8) is 0 Å². The minimum Gasteiger partial charge on any atom is -0.357 e. The largest absolute Gasteiger partial charge is 0.357 e. The van der Waals surface area contributed by atoms with Gasteiger partial charge in [-0.2, -0.15) is 0 Å². The second-order valence-electron chi connectivity index (χ2n) is 5.14. The average Bonchev–Trinajstić information content (AvgIpc) is 3.21. The lowest BCUT2D eigenvalue weighted by Gasteiger charge is -2.10. The normalized spacial score (nSPS) is 12.6. The number of aliphatic imine (C=N–C) groups is 1. The number of rotatable bonds is 7. The van der Waals surface area contributed by atoms with Gasteiger partial charge in [0.2, 0.25) is 0 Å². The number of guanidine groups is 1. The minimum absolute atomic E-state index is 0.342. The Balaban J connectivity index is 2.02. The zero-order chi connectivity index (χ0) is 17.6. The molecule has 2 rings (SSSR count). The molecule has 0 aliphatic heterocycles. The van der Waals surface area contributed by atoms with Crippen LogP contribution in [0.4, 0.5) is 0 Å². The molecule has 0 fully saturated rings. The lowest BCUT2D eigenvalue weighted by atomic mass is 10.4. The number of hydrogen-bond acceptors (Lipinski definition) is 5. The number of sulfonamides is 1. The molecule has 9 heteroatoms. The first-order chi connectivity index (χ1) is 11.4. The van der Waals surface area contributed by atoms with Gasteiger partial charge in [-0.15, -0.1) is 22.7 Å². The summed E-state index contributed by atoms with van der Waals surface area (Å²) in [7, 11) is -0.306. The van der Waals surface area contributed by atoms with Crippen molar-refractivity contribution < 1.29 is 8.42 Å². The minimum atomic E-state index is -3.37. The summed E-state index contributed by atoms with van der Waals surface area (Å²) in [5.41, 5.74) is 0. The number of nitrogens with one attached hydrogen (secondary N) is 2. The first-order valence-electron chi connectivity index (χ1n) is 7.49. The summed E-state index contributed by atoms with van der Waals surface area (Å²) in [6.07, 6.45) is 0. The molecule has 132 valence electrons. The maximum absolute atomic E-state index is 12.1. The zero-order valence-electron chi connectivity index (χ0n) is 13.9. The van der Waals surface area contributed by atoms with E-state index in [1.807, 2.05) is 24.4 Å². The molecule has 0 unspecified atom stereocenters. The van der Waals surface area contributed by atoms with Gasteiger partial charge in [0.1, 0.15) is 4.21 Å². The Labute approximate surface area is 151 Å². The molecule has 0 spiro atoms. The van der Waals surface area contributed by atoms with Gasteiger partial charge >= 0.3 is 0 Å². The number of hydrogen-bond donors (Lipinski definition) is 2. The Hall–Kier alpha value is -1.42. The molecular weight excluding hydrogens is 364 g/mol. The van der Waals surface area contributed by atoms with Crippen LogP contribution in [0.15, 0.2) is 38.8 Å². The van der Waals surface area contributed by atoms with Crippen molar-refractivity contribution in [2.24, 2.45) is 4.99 Å². The first-order valence-corrected chi connectivity index (χ1v) is 10.6. The molecule has 0 saturated carbocycles. The van der Waals surface area contributed by atoms with E-state index in [-0.39, 0.29) is 0 Å². The van der Waals surface area contributed by atoms with Gasteiger partial charge < -0.3 is 10.6 Å². The summed E-state index contributed by atoms with van der Waals surface area (Å²) in [5.74, 6) is 0.719. The van der Waals surface area contributed by atoms with Crippen molar-refractivity contribution in [1.82, 2.24) is 14.9 Å². The highest BCUT2D eigenvalue weighted by Crippen LogP contribution is 2.24. The second kappa shape index (κ2) is 8.61. The van der Waals surface area contributed by atoms with Crippen LogP contribution in [-0.2, 0) is 23.1 Å². The third-order valence-corrected chi connectivity index (χ3v) is 7.35. The molecule has 2 aromatic rings. The SMILES string of the molecule is CCNC(=NCc1ccc(S(=O)(=O)N(C)C)s1)NCc1cccs1. The molecule has 2 N–H and O–H groups in total. The average molecular weight is 387 g/mol. The van der Waals surface area contributed by atoms with E-state index in [0.717, 1.165) is 17.4 Å². The maximum Gasteiger partial charge on any atom is 0.252 e. The van der Waals surface area contributed by atoms with E-state index in [0.29, 0.717) is 17.3 Å². The van der Waals surface area contributed by atoms with Crippen LogP contribution in [0.3, 0.4) is 0 Å². The third kappa shape index (κ3) is 5.04. The Morgan fingerprint density at radius 3 is 2.62 bits per heavy atom. The fraction of sp³-hybridized carbons (Fsp3) is 0.400. The van der Waals surface area contributed by atoms with Crippen molar-refractivity contribution in [2.75, 3.05) is 20.6 Å². The zero-order valence-corrected chi connectivity index (χ0v) is 16.4. The molecule has 0 atom stereocenters. The van der Waals surface area contributed by atoms with Crippen molar-refractivity contribution in [2.45, 2.75) is 24.2 Å². The summed E-state index contributed by atoms with van der Waals surface area (Å²) in [6, 6.07) is 7.53. The van der Waals surface area contributed by atoms with Crippen molar-refractivity contribution >= 4 is 38.7 Å². The topological polar surface area (TPSA) is 73.8 Å². The van der Waals surface area contributed by atoms with Gasteiger partial charge in [-0.1, -0.05) is 6.07 Å². The standard InChI is InChI=1S/C15H22N4O2S3/c1-4-16-15(17-10-12-6-5-9-22-12)18-11-13-7-8-14(23-13)24(20,21)19(2)3/h5-9H,4,10-11H2,1-3H3,(H2,16,17,18). The van der Waals surface area contributed by atoms with Gasteiger partial charge in [0.15, 0.2) is 5.96 Å². The molecule has 24 heavy (non-hydrogen) atoms. The third-order valence-electron chi connectivity index (χ3n) is 3.12. The molecule has 0 bridgehead atoms. The number of thiophene rings is 2. The van der Waals surface area contributed by atoms with Gasteiger partial charge in [-0.25, -0.2) is 17.7 Å². The summed E-state index contributed by atoms with van der Waals surface area (Å²) in [5, 5.41) is 8.51. The van der Waals surface area contributed by atoms with Gasteiger partial charge in [0.05, 0.1) is 13.1 Å². The van der Waals surface area contributed by atoms with Gasteiger partial charge in [-0.3, -0.25) is 0 Å². The van der Waals surface area contributed by atoms with Gasteiger partial charge in [0.25, 0.3) is 10.0 Å². The van der Waals surface area contributed by atoms with Crippen LogP contribution in [0.2, 0.25) is 0 Å². The lowest BCUT2D eigenvalue weighted by Crippen LogP contribution is -2.36. The van der Waals surface area contributed by atoms with E-state index in [1.54, 1.807) is 17.4 Å². The van der Waals surface area contributed by atoms with E-state index in [1.165, 1.54) is 34.6 Å². The molecule has 0 aromatic carbocycles. The molecule has 0 radical (unpaired) electrons. The van der Waals surface area contributed by atoms with E-state index < -0.39 is 10.0 Å². The Kier molecular flexibility index (Phi) is 6.79. The van der Waals surface area contributed by atoms with Gasteiger partial charge in [0, 0.05) is 30.4 Å². The highest BCUT2D eigenvalue weighted by atomic mass is 32.2. The van der Waals surface area contributed by atoms with Crippen LogP contribution in [0.5, 0.6) is 0 Å². The molecular formula is C15H22N4O2S3. The fourth-order valence-corrected chi connectivity index (χ4v) is 4.94. The quantitative estimate of drug-likeness (QED) is 0.566. The molecule has 2 heterocycles. The summed E-state index contributed by atoms with van der Waals surface area (Å²) >= 11 is 2.95. The Bertz CT molecular complexity index is 765.